The Labute approximate surface area is 83.3 Å². The Bertz CT molecular complexity index is 260. The van der Waals surface area contributed by atoms with Gasteiger partial charge in [-0.3, -0.25) is 4.79 Å². The highest BCUT2D eigenvalue weighted by atomic mass is 127. The fourth-order valence-electron chi connectivity index (χ4n) is 0.796. The Morgan fingerprint density at radius 3 is 2.55 bits per heavy atom. The summed E-state index contributed by atoms with van der Waals surface area (Å²) >= 11 is 0. The molecule has 0 N–H and O–H groups in total. The zero-order valence-corrected chi connectivity index (χ0v) is 8.90. The predicted molar refractivity (Wildman–Crippen MR) is 53.0 cm³/mol. The van der Waals surface area contributed by atoms with Crippen molar-refractivity contribution in [1.82, 2.24) is 0 Å². The average Bonchev–Trinajstić information content (AvgIpc) is 1.88. The van der Waals surface area contributed by atoms with Crippen LogP contribution in [0.2, 0.25) is 0 Å². The van der Waals surface area contributed by atoms with E-state index in [2.05, 4.69) is 0 Å². The molecule has 3 heteroatoms. The number of aromatic nitrogens is 1. The van der Waals surface area contributed by atoms with Gasteiger partial charge in [-0.2, -0.15) is 0 Å². The summed E-state index contributed by atoms with van der Waals surface area (Å²) in [6, 6.07) is 3.67. The maximum absolute atomic E-state index is 10.8. The van der Waals surface area contributed by atoms with Gasteiger partial charge in [0.1, 0.15) is 7.05 Å². The summed E-state index contributed by atoms with van der Waals surface area (Å²) in [6.07, 6.45) is 3.70. The van der Waals surface area contributed by atoms with Gasteiger partial charge >= 0.3 is 0 Å². The monoisotopic (exact) mass is 264 g/mol. The summed E-state index contributed by atoms with van der Waals surface area (Å²) in [6.45, 7) is 1.56. The SMILES string of the molecule is CC(=O)c1ccc[n+](C)c1.I. The lowest BCUT2D eigenvalue weighted by atomic mass is 10.2. The zero-order chi connectivity index (χ0) is 7.56. The van der Waals surface area contributed by atoms with E-state index >= 15 is 0 Å². The van der Waals surface area contributed by atoms with Gasteiger partial charge in [-0.25, -0.2) is 4.57 Å². The number of nitrogens with zero attached hydrogens (tertiary/aromatic N) is 1. The third kappa shape index (κ3) is 2.96. The summed E-state index contributed by atoms with van der Waals surface area (Å²) in [4.78, 5) is 10.8. The Balaban J connectivity index is 0.000001000. The van der Waals surface area contributed by atoms with Crippen molar-refractivity contribution >= 4 is 29.8 Å². The number of aryl methyl sites for hydroxylation is 1. The number of rotatable bonds is 1. The Morgan fingerprint density at radius 1 is 1.55 bits per heavy atom. The molecule has 0 amide bonds. The van der Waals surface area contributed by atoms with Crippen LogP contribution in [0.5, 0.6) is 0 Å². The quantitative estimate of drug-likeness (QED) is 0.426. The van der Waals surface area contributed by atoms with Crippen molar-refractivity contribution in [1.29, 1.82) is 0 Å². The van der Waals surface area contributed by atoms with Crippen LogP contribution in [0.25, 0.3) is 0 Å². The molecule has 1 aromatic rings. The molecule has 0 aliphatic carbocycles. The van der Waals surface area contributed by atoms with Crippen molar-refractivity contribution in [3.8, 4) is 0 Å². The fourth-order valence-corrected chi connectivity index (χ4v) is 0.796. The zero-order valence-electron chi connectivity index (χ0n) is 6.57. The minimum absolute atomic E-state index is 0. The fraction of sp³-hybridized carbons (Fsp3) is 0.250. The first-order valence-corrected chi connectivity index (χ1v) is 3.16. The molecule has 0 radical (unpaired) electrons. The molecule has 1 heterocycles. The van der Waals surface area contributed by atoms with E-state index in [4.69, 9.17) is 0 Å². The number of halogens is 1. The highest BCUT2D eigenvalue weighted by Crippen LogP contribution is 1.93. The van der Waals surface area contributed by atoms with Crippen LogP contribution in [0.4, 0.5) is 0 Å². The number of hydrogen-bond acceptors (Lipinski definition) is 1. The van der Waals surface area contributed by atoms with Crippen molar-refractivity contribution < 1.29 is 9.36 Å². The van der Waals surface area contributed by atoms with Crippen molar-refractivity contribution in [2.45, 2.75) is 6.92 Å². The Hall–Kier alpha value is -0.450. The van der Waals surface area contributed by atoms with Crippen molar-refractivity contribution in [2.24, 2.45) is 7.05 Å². The summed E-state index contributed by atoms with van der Waals surface area (Å²) < 4.78 is 1.86. The summed E-state index contributed by atoms with van der Waals surface area (Å²) in [5.74, 6) is 0.108. The molecular weight excluding hydrogens is 253 g/mol. The summed E-state index contributed by atoms with van der Waals surface area (Å²) in [5.41, 5.74) is 0.755. The summed E-state index contributed by atoms with van der Waals surface area (Å²) in [7, 11) is 1.90. The minimum atomic E-state index is 0. The first-order chi connectivity index (χ1) is 4.70. The highest BCUT2D eigenvalue weighted by Gasteiger charge is 2.01. The van der Waals surface area contributed by atoms with Gasteiger partial charge in [0.05, 0.1) is 5.56 Å². The standard InChI is InChI=1S/C8H10NO.HI/c1-7(10)8-4-3-5-9(2)6-8;/h3-6H,1-2H3;1H/q+1;. The molecule has 2 nitrogen and oxygen atoms in total. The Morgan fingerprint density at radius 2 is 2.18 bits per heavy atom. The van der Waals surface area contributed by atoms with E-state index in [9.17, 15) is 4.79 Å². The maximum Gasteiger partial charge on any atom is 0.179 e. The third-order valence-electron chi connectivity index (χ3n) is 1.35. The molecule has 0 aliphatic heterocycles. The van der Waals surface area contributed by atoms with E-state index in [-0.39, 0.29) is 29.8 Å². The van der Waals surface area contributed by atoms with Gasteiger partial charge in [0.25, 0.3) is 0 Å². The third-order valence-corrected chi connectivity index (χ3v) is 1.35. The Kier molecular flexibility index (Phi) is 4.25. The van der Waals surface area contributed by atoms with Gasteiger partial charge in [0.15, 0.2) is 18.2 Å². The molecule has 0 bridgehead atoms. The smallest absolute Gasteiger partial charge is 0.179 e. The second-order valence-corrected chi connectivity index (χ2v) is 2.31. The minimum Gasteiger partial charge on any atom is -0.294 e. The molecule has 0 fully saturated rings. The predicted octanol–water partition coefficient (Wildman–Crippen LogP) is 1.33. The molecule has 0 aliphatic rings. The van der Waals surface area contributed by atoms with Crippen LogP contribution in [0.3, 0.4) is 0 Å². The maximum atomic E-state index is 10.8. The molecule has 0 atom stereocenters. The molecule has 0 aromatic carbocycles. The number of carbonyl (C=O) groups excluding carboxylic acids is 1. The van der Waals surface area contributed by atoms with Gasteiger partial charge < -0.3 is 0 Å². The first kappa shape index (κ1) is 10.6. The number of Topliss-reactive ketones (excluding diaryl/α,β-unsaturated/α-hetero) is 1. The largest absolute Gasteiger partial charge is 0.294 e. The van der Waals surface area contributed by atoms with Crippen LogP contribution in [-0.2, 0) is 7.05 Å². The molecule has 11 heavy (non-hydrogen) atoms. The molecule has 1 aromatic heterocycles. The lowest BCUT2D eigenvalue weighted by molar-refractivity contribution is -0.671. The number of ketones is 1. The van der Waals surface area contributed by atoms with Crippen molar-refractivity contribution in [2.75, 3.05) is 0 Å². The van der Waals surface area contributed by atoms with Gasteiger partial charge in [-0.1, -0.05) is 0 Å². The molecular formula is C8H11INO+. The molecule has 0 saturated carbocycles. The van der Waals surface area contributed by atoms with Crippen molar-refractivity contribution in [3.05, 3.63) is 30.1 Å². The van der Waals surface area contributed by atoms with Gasteiger partial charge in [0, 0.05) is 6.07 Å². The van der Waals surface area contributed by atoms with E-state index in [0.29, 0.717) is 0 Å². The lowest BCUT2D eigenvalue weighted by Crippen LogP contribution is -2.27. The molecule has 0 saturated heterocycles. The van der Waals surface area contributed by atoms with Crippen molar-refractivity contribution in [3.63, 3.8) is 0 Å². The van der Waals surface area contributed by atoms with Gasteiger partial charge in [0.2, 0.25) is 0 Å². The van der Waals surface area contributed by atoms with E-state index in [0.717, 1.165) is 5.56 Å². The van der Waals surface area contributed by atoms with E-state index in [1.165, 1.54) is 0 Å². The molecule has 60 valence electrons. The summed E-state index contributed by atoms with van der Waals surface area (Å²) in [5, 5.41) is 0. The van der Waals surface area contributed by atoms with E-state index in [1.54, 1.807) is 6.92 Å². The number of hydrogen-bond donors (Lipinski definition) is 0. The highest BCUT2D eigenvalue weighted by molar-refractivity contribution is 14.0. The van der Waals surface area contributed by atoms with Crippen LogP contribution in [0.1, 0.15) is 17.3 Å². The van der Waals surface area contributed by atoms with Gasteiger partial charge in [-0.15, -0.1) is 24.0 Å². The average molecular weight is 264 g/mol. The number of carbonyl (C=O) groups is 1. The molecule has 0 unspecified atom stereocenters. The van der Waals surface area contributed by atoms with Crippen LogP contribution >= 0.6 is 24.0 Å². The van der Waals surface area contributed by atoms with Crippen LogP contribution < -0.4 is 4.57 Å². The first-order valence-electron chi connectivity index (χ1n) is 3.16. The molecule has 0 spiro atoms. The second-order valence-electron chi connectivity index (χ2n) is 2.31. The van der Waals surface area contributed by atoms with Crippen LogP contribution in [0.15, 0.2) is 24.5 Å². The van der Waals surface area contributed by atoms with Gasteiger partial charge in [-0.05, 0) is 13.0 Å². The topological polar surface area (TPSA) is 20.9 Å². The second kappa shape index (κ2) is 4.43. The number of pyridine rings is 1. The molecule has 1 rings (SSSR count). The normalized spacial score (nSPS) is 8.55. The van der Waals surface area contributed by atoms with E-state index < -0.39 is 0 Å². The lowest BCUT2D eigenvalue weighted by Gasteiger charge is -1.89. The van der Waals surface area contributed by atoms with Crippen LogP contribution in [-0.4, -0.2) is 5.78 Å². The van der Waals surface area contributed by atoms with Crippen LogP contribution in [0, 0.1) is 0 Å². The van der Waals surface area contributed by atoms with E-state index in [1.807, 2.05) is 36.1 Å².